The number of hydrogen-bond acceptors (Lipinski definition) is 9. The van der Waals surface area contributed by atoms with E-state index in [1.165, 1.54) is 0 Å². The molecule has 0 unspecified atom stereocenters. The highest BCUT2D eigenvalue weighted by Gasteiger charge is 2.27. The Kier molecular flexibility index (Phi) is 10.5. The van der Waals surface area contributed by atoms with Gasteiger partial charge in [-0.05, 0) is 80.3 Å². The minimum Gasteiger partial charge on any atom is -0.354 e. The first-order valence-electron chi connectivity index (χ1n) is 18.6. The zero-order valence-corrected chi connectivity index (χ0v) is 31.2. The van der Waals surface area contributed by atoms with E-state index in [9.17, 15) is 19.2 Å². The Balaban J connectivity index is 1.06. The maximum atomic E-state index is 13.8. The number of hydrogen-bond donors (Lipinski definition) is 3. The third kappa shape index (κ3) is 7.60. The second kappa shape index (κ2) is 15.6. The monoisotopic (exact) mass is 730 g/mol. The number of carbonyl (C=O) groups excluding carboxylic acids is 3. The number of anilines is 2. The van der Waals surface area contributed by atoms with E-state index < -0.39 is 6.03 Å². The molecule has 0 atom stereocenters. The van der Waals surface area contributed by atoms with E-state index in [4.69, 9.17) is 4.98 Å². The van der Waals surface area contributed by atoms with E-state index in [1.54, 1.807) is 23.5 Å². The van der Waals surface area contributed by atoms with Crippen molar-refractivity contribution in [2.75, 3.05) is 42.5 Å². The van der Waals surface area contributed by atoms with Gasteiger partial charge in [0.15, 0.2) is 0 Å². The van der Waals surface area contributed by atoms with Gasteiger partial charge in [0.1, 0.15) is 5.82 Å². The Hall–Kier alpha value is -5.89. The van der Waals surface area contributed by atoms with Crippen molar-refractivity contribution < 1.29 is 14.4 Å². The summed E-state index contributed by atoms with van der Waals surface area (Å²) in [6.07, 6.45) is 8.91. The first-order chi connectivity index (χ1) is 26.1. The molecule has 4 amide bonds. The summed E-state index contributed by atoms with van der Waals surface area (Å²) in [4.78, 5) is 69.1. The number of aryl methyl sites for hydroxylation is 2. The number of aromatic nitrogens is 5. The summed E-state index contributed by atoms with van der Waals surface area (Å²) >= 11 is 0. The van der Waals surface area contributed by atoms with Crippen LogP contribution in [0, 0.1) is 6.92 Å². The normalized spacial score (nSPS) is 15.3. The third-order valence-electron chi connectivity index (χ3n) is 10.2. The van der Waals surface area contributed by atoms with E-state index in [1.807, 2.05) is 48.1 Å². The number of H-pyrrole nitrogens is 1. The maximum Gasteiger partial charge on any atom is 0.328 e. The van der Waals surface area contributed by atoms with Gasteiger partial charge in [0, 0.05) is 92.9 Å². The summed E-state index contributed by atoms with van der Waals surface area (Å²) in [5, 5.41) is 10.8. The molecule has 5 aromatic rings. The molecule has 2 fully saturated rings. The van der Waals surface area contributed by atoms with Gasteiger partial charge in [-0.2, -0.15) is 5.10 Å². The van der Waals surface area contributed by atoms with Crippen LogP contribution in [0.15, 0.2) is 66.0 Å². The van der Waals surface area contributed by atoms with Gasteiger partial charge in [-0.3, -0.25) is 39.2 Å². The van der Waals surface area contributed by atoms with Crippen molar-refractivity contribution in [3.8, 4) is 11.1 Å². The molecule has 7 rings (SSSR count). The number of benzene rings is 1. The number of aromatic amines is 1. The summed E-state index contributed by atoms with van der Waals surface area (Å²) in [5.74, 6) is 0.333. The van der Waals surface area contributed by atoms with Crippen LogP contribution in [0.2, 0.25) is 0 Å². The maximum absolute atomic E-state index is 13.8. The molecule has 1 aromatic carbocycles. The van der Waals surface area contributed by atoms with Crippen molar-refractivity contribution in [2.24, 2.45) is 0 Å². The highest BCUT2D eigenvalue weighted by molar-refractivity contribution is 6.08. The molecule has 54 heavy (non-hydrogen) atoms. The number of rotatable bonds is 11. The molecule has 6 heterocycles. The van der Waals surface area contributed by atoms with Gasteiger partial charge < -0.3 is 15.2 Å². The number of pyridine rings is 3. The second-order valence-electron chi connectivity index (χ2n) is 14.3. The Morgan fingerprint density at radius 1 is 0.944 bits per heavy atom. The predicted octanol–water partition coefficient (Wildman–Crippen LogP) is 4.72. The number of amides is 4. The summed E-state index contributed by atoms with van der Waals surface area (Å²) < 4.78 is 1.91. The molecule has 0 spiro atoms. The van der Waals surface area contributed by atoms with E-state index in [2.05, 4.69) is 62.3 Å². The molecule has 3 N–H and O–H groups in total. The molecule has 0 bridgehead atoms. The topological polar surface area (TPSA) is 161 Å². The Morgan fingerprint density at radius 3 is 2.48 bits per heavy atom. The molecule has 0 aliphatic carbocycles. The fourth-order valence-electron chi connectivity index (χ4n) is 7.35. The Labute approximate surface area is 313 Å². The van der Waals surface area contributed by atoms with Gasteiger partial charge in [0.2, 0.25) is 5.91 Å². The van der Waals surface area contributed by atoms with Gasteiger partial charge >= 0.3 is 6.03 Å². The summed E-state index contributed by atoms with van der Waals surface area (Å²) in [5.41, 5.74) is 6.91. The molecular formula is C40H46N10O4. The molecule has 280 valence electrons. The summed E-state index contributed by atoms with van der Waals surface area (Å²) in [6, 6.07) is 11.6. The fourth-order valence-corrected chi connectivity index (χ4v) is 7.35. The molecule has 14 heteroatoms. The summed E-state index contributed by atoms with van der Waals surface area (Å²) in [7, 11) is 0. The molecule has 4 aromatic heterocycles. The van der Waals surface area contributed by atoms with Crippen molar-refractivity contribution in [1.82, 2.24) is 40.3 Å². The molecular weight excluding hydrogens is 685 g/mol. The first kappa shape index (κ1) is 36.5. The smallest absolute Gasteiger partial charge is 0.328 e. The quantitative estimate of drug-likeness (QED) is 0.175. The lowest BCUT2D eigenvalue weighted by atomic mass is 10.00. The van der Waals surface area contributed by atoms with Gasteiger partial charge in [-0.1, -0.05) is 13.3 Å². The second-order valence-corrected chi connectivity index (χ2v) is 14.3. The van der Waals surface area contributed by atoms with Crippen molar-refractivity contribution in [3.05, 3.63) is 99.5 Å². The van der Waals surface area contributed by atoms with Crippen LogP contribution < -0.4 is 26.0 Å². The fraction of sp³-hybridized carbons (Fsp3) is 0.375. The zero-order valence-electron chi connectivity index (χ0n) is 31.2. The average Bonchev–Trinajstić information content (AvgIpc) is 3.60. The number of nitrogens with zero attached hydrogens (tertiary/aromatic N) is 7. The molecule has 0 saturated carbocycles. The Morgan fingerprint density at radius 2 is 1.76 bits per heavy atom. The molecule has 2 aliphatic heterocycles. The van der Waals surface area contributed by atoms with Crippen molar-refractivity contribution in [1.29, 1.82) is 0 Å². The molecule has 0 radical (unpaired) electrons. The number of imide groups is 1. The standard InChI is InChI=1S/C40H46N10O4/c1-5-6-27-17-26(4)45-39(53)32(27)21-43-38(52)31-18-30(19-34-33(31)22-44-50(34)25(2)3)28-7-8-36(42-20-28)48-15-13-47(14-16-48)24-29-9-11-41-23-35(29)49-12-10-37(51)46-40(49)54/h7-9,11,17-20,22-23,25H,5-6,10,12-16,21,24H2,1-4H3,(H,43,52)(H,45,53)(H,46,51,54). The van der Waals surface area contributed by atoms with Gasteiger partial charge in [0.05, 0.1) is 29.2 Å². The number of piperazine rings is 1. The van der Waals surface area contributed by atoms with Crippen LogP contribution in [0.5, 0.6) is 0 Å². The lowest BCUT2D eigenvalue weighted by Crippen LogP contribution is -2.50. The summed E-state index contributed by atoms with van der Waals surface area (Å²) in [6.45, 7) is 12.3. The molecule has 2 saturated heterocycles. The van der Waals surface area contributed by atoms with E-state index in [0.717, 1.165) is 89.4 Å². The van der Waals surface area contributed by atoms with Crippen LogP contribution >= 0.6 is 0 Å². The van der Waals surface area contributed by atoms with Crippen molar-refractivity contribution >= 4 is 40.3 Å². The highest BCUT2D eigenvalue weighted by atomic mass is 16.2. The van der Waals surface area contributed by atoms with Crippen LogP contribution in [0.3, 0.4) is 0 Å². The minimum atomic E-state index is -0.415. The number of carbonyl (C=O) groups is 3. The van der Waals surface area contributed by atoms with Crippen LogP contribution in [0.25, 0.3) is 22.0 Å². The van der Waals surface area contributed by atoms with Crippen LogP contribution in [0.4, 0.5) is 16.3 Å². The number of nitrogens with one attached hydrogen (secondary N) is 3. The molecule has 14 nitrogen and oxygen atoms in total. The van der Waals surface area contributed by atoms with Gasteiger partial charge in [-0.15, -0.1) is 0 Å². The lowest BCUT2D eigenvalue weighted by molar-refractivity contribution is -0.120. The number of fused-ring (bicyclic) bond motifs is 1. The molecule has 2 aliphatic rings. The first-order valence-corrected chi connectivity index (χ1v) is 18.6. The van der Waals surface area contributed by atoms with Crippen LogP contribution in [-0.2, 0) is 24.3 Å². The lowest BCUT2D eigenvalue weighted by Gasteiger charge is -2.36. The van der Waals surface area contributed by atoms with Crippen LogP contribution in [0.1, 0.15) is 72.4 Å². The van der Waals surface area contributed by atoms with Crippen molar-refractivity contribution in [3.63, 3.8) is 0 Å². The highest BCUT2D eigenvalue weighted by Crippen LogP contribution is 2.31. The minimum absolute atomic E-state index is 0.0793. The SMILES string of the molecule is CCCc1cc(C)[nH]c(=O)c1CNC(=O)c1cc(-c2ccc(N3CCN(Cc4ccncc4N4CCC(=O)NC4=O)CC3)nc2)cc2c1cnn2C(C)C. The third-order valence-corrected chi connectivity index (χ3v) is 10.2. The largest absolute Gasteiger partial charge is 0.354 e. The van der Waals surface area contributed by atoms with E-state index in [-0.39, 0.29) is 36.4 Å². The number of urea groups is 1. The predicted molar refractivity (Wildman–Crippen MR) is 208 cm³/mol. The average molecular weight is 731 g/mol. The zero-order chi connectivity index (χ0) is 37.9. The van der Waals surface area contributed by atoms with Crippen LogP contribution in [-0.4, -0.2) is 80.2 Å². The Bertz CT molecular complexity index is 2250. The van der Waals surface area contributed by atoms with Crippen molar-refractivity contribution in [2.45, 2.75) is 66.1 Å². The van der Waals surface area contributed by atoms with Gasteiger partial charge in [-0.25, -0.2) is 9.78 Å². The van der Waals surface area contributed by atoms with E-state index in [0.29, 0.717) is 24.2 Å². The van der Waals surface area contributed by atoms with Gasteiger partial charge in [0.25, 0.3) is 11.5 Å². The van der Waals surface area contributed by atoms with E-state index >= 15 is 0 Å².